The molecule has 1 unspecified atom stereocenters. The molecular weight excluding hydrogens is 252 g/mol. The van der Waals surface area contributed by atoms with Gasteiger partial charge in [-0.05, 0) is 63.7 Å². The van der Waals surface area contributed by atoms with Gasteiger partial charge >= 0.3 is 5.97 Å². The van der Waals surface area contributed by atoms with E-state index < -0.39 is 11.5 Å². The van der Waals surface area contributed by atoms with E-state index in [1.54, 1.807) is 0 Å². The van der Waals surface area contributed by atoms with Crippen LogP contribution in [0.3, 0.4) is 0 Å². The number of nitrogens with zero attached hydrogens (tertiary/aromatic N) is 1. The Kier molecular flexibility index (Phi) is 6.46. The lowest BCUT2D eigenvalue weighted by atomic mass is 9.82. The van der Waals surface area contributed by atoms with Gasteiger partial charge in [-0.3, -0.25) is 4.79 Å². The molecule has 1 atom stereocenters. The highest BCUT2D eigenvalue weighted by Gasteiger charge is 2.35. The van der Waals surface area contributed by atoms with Crippen LogP contribution in [0.4, 0.5) is 0 Å². The molecule has 0 amide bonds. The molecule has 0 aromatic heterocycles. The van der Waals surface area contributed by atoms with Crippen molar-refractivity contribution in [3.05, 3.63) is 0 Å². The molecule has 0 bridgehead atoms. The Morgan fingerprint density at radius 2 is 1.90 bits per heavy atom. The molecule has 1 fully saturated rings. The molecular formula is C16H32N2O2. The van der Waals surface area contributed by atoms with E-state index in [4.69, 9.17) is 0 Å². The first kappa shape index (κ1) is 17.4. The number of piperidine rings is 1. The molecule has 0 aromatic rings. The van der Waals surface area contributed by atoms with Crippen molar-refractivity contribution in [2.75, 3.05) is 26.2 Å². The number of hydrogen-bond acceptors (Lipinski definition) is 3. The Balaban J connectivity index is 2.40. The lowest BCUT2D eigenvalue weighted by Crippen LogP contribution is -2.52. The van der Waals surface area contributed by atoms with Crippen molar-refractivity contribution in [2.45, 2.75) is 65.3 Å². The highest BCUT2D eigenvalue weighted by atomic mass is 16.4. The summed E-state index contributed by atoms with van der Waals surface area (Å²) in [5, 5.41) is 12.7. The van der Waals surface area contributed by atoms with Gasteiger partial charge in [0.25, 0.3) is 0 Å². The predicted octanol–water partition coefficient (Wildman–Crippen LogP) is 2.73. The van der Waals surface area contributed by atoms with Gasteiger partial charge < -0.3 is 15.3 Å². The van der Waals surface area contributed by atoms with Gasteiger partial charge in [-0.25, -0.2) is 0 Å². The fraction of sp³-hybridized carbons (Fsp3) is 0.938. The average Bonchev–Trinajstić information content (AvgIpc) is 2.39. The van der Waals surface area contributed by atoms with Crippen LogP contribution in [0.25, 0.3) is 0 Å². The summed E-state index contributed by atoms with van der Waals surface area (Å²) in [5.41, 5.74) is -0.252. The molecule has 2 N–H and O–H groups in total. The van der Waals surface area contributed by atoms with Crippen LogP contribution < -0.4 is 5.32 Å². The third kappa shape index (κ3) is 4.74. The number of aliphatic carboxylic acids is 1. The quantitative estimate of drug-likeness (QED) is 0.719. The maximum absolute atomic E-state index is 11.5. The van der Waals surface area contributed by atoms with Crippen LogP contribution >= 0.6 is 0 Å². The fourth-order valence-electron chi connectivity index (χ4n) is 3.05. The van der Waals surface area contributed by atoms with E-state index in [1.165, 1.54) is 12.8 Å². The topological polar surface area (TPSA) is 52.6 Å². The molecule has 0 saturated carbocycles. The Morgan fingerprint density at radius 3 is 2.35 bits per heavy atom. The van der Waals surface area contributed by atoms with E-state index in [0.717, 1.165) is 26.1 Å². The summed E-state index contributed by atoms with van der Waals surface area (Å²) in [6, 6.07) is 0. The summed E-state index contributed by atoms with van der Waals surface area (Å²) in [5.74, 6) is -0.707. The average molecular weight is 284 g/mol. The van der Waals surface area contributed by atoms with E-state index in [0.29, 0.717) is 24.8 Å². The van der Waals surface area contributed by atoms with Crippen LogP contribution in [0.1, 0.15) is 59.8 Å². The second kappa shape index (κ2) is 7.41. The number of carboxylic acids is 1. The third-order valence-electron chi connectivity index (χ3n) is 4.82. The van der Waals surface area contributed by atoms with E-state index in [1.807, 2.05) is 13.8 Å². The number of carbonyl (C=O) groups is 1. The second-order valence-electron chi connectivity index (χ2n) is 6.88. The second-order valence-corrected chi connectivity index (χ2v) is 6.88. The summed E-state index contributed by atoms with van der Waals surface area (Å²) in [7, 11) is 0. The highest BCUT2D eigenvalue weighted by molar-refractivity contribution is 5.78. The van der Waals surface area contributed by atoms with Gasteiger partial charge in [-0.1, -0.05) is 27.7 Å². The van der Waals surface area contributed by atoms with Crippen molar-refractivity contribution in [1.29, 1.82) is 0 Å². The molecule has 0 spiro atoms. The predicted molar refractivity (Wildman–Crippen MR) is 83.0 cm³/mol. The van der Waals surface area contributed by atoms with E-state index in [9.17, 15) is 9.90 Å². The Hall–Kier alpha value is -0.610. The standard InChI is InChI=1S/C16H32N2O2/c1-5-16(14(19)20,17-6-2)8-7-11-18-12-9-15(3,4)10-13-18/h17H,5-13H2,1-4H3,(H,19,20). The molecule has 20 heavy (non-hydrogen) atoms. The number of hydrogen-bond donors (Lipinski definition) is 2. The smallest absolute Gasteiger partial charge is 0.323 e. The molecule has 1 rings (SSSR count). The minimum absolute atomic E-state index is 0.481. The number of likely N-dealkylation sites (tertiary alicyclic amines) is 1. The van der Waals surface area contributed by atoms with Gasteiger partial charge in [0.2, 0.25) is 0 Å². The van der Waals surface area contributed by atoms with Crippen molar-refractivity contribution >= 4 is 5.97 Å². The first-order valence-corrected chi connectivity index (χ1v) is 8.06. The van der Waals surface area contributed by atoms with Crippen LogP contribution in [0.5, 0.6) is 0 Å². The molecule has 1 heterocycles. The van der Waals surface area contributed by atoms with Gasteiger partial charge in [0.1, 0.15) is 5.54 Å². The minimum Gasteiger partial charge on any atom is -0.480 e. The van der Waals surface area contributed by atoms with Crippen LogP contribution in [-0.4, -0.2) is 47.7 Å². The van der Waals surface area contributed by atoms with Crippen LogP contribution in [0.2, 0.25) is 0 Å². The van der Waals surface area contributed by atoms with E-state index in [-0.39, 0.29) is 0 Å². The summed E-state index contributed by atoms with van der Waals surface area (Å²) in [6.07, 6.45) is 4.81. The van der Waals surface area contributed by atoms with Gasteiger partial charge in [0, 0.05) is 0 Å². The summed E-state index contributed by atoms with van der Waals surface area (Å²) in [4.78, 5) is 14.0. The molecule has 4 heteroatoms. The van der Waals surface area contributed by atoms with E-state index in [2.05, 4.69) is 24.1 Å². The molecule has 1 saturated heterocycles. The van der Waals surface area contributed by atoms with Crippen LogP contribution in [0.15, 0.2) is 0 Å². The number of rotatable bonds is 8. The zero-order valence-corrected chi connectivity index (χ0v) is 13.7. The van der Waals surface area contributed by atoms with E-state index >= 15 is 0 Å². The van der Waals surface area contributed by atoms with Crippen molar-refractivity contribution in [1.82, 2.24) is 10.2 Å². The number of likely N-dealkylation sites (N-methyl/N-ethyl adjacent to an activating group) is 1. The van der Waals surface area contributed by atoms with Crippen molar-refractivity contribution in [3.8, 4) is 0 Å². The number of carboxylic acid groups (broad SMARTS) is 1. The Labute approximate surface area is 123 Å². The summed E-state index contributed by atoms with van der Waals surface area (Å²) >= 11 is 0. The maximum Gasteiger partial charge on any atom is 0.323 e. The highest BCUT2D eigenvalue weighted by Crippen LogP contribution is 2.30. The summed E-state index contributed by atoms with van der Waals surface area (Å²) in [6.45, 7) is 12.6. The van der Waals surface area contributed by atoms with Crippen molar-refractivity contribution < 1.29 is 9.90 Å². The fourth-order valence-corrected chi connectivity index (χ4v) is 3.05. The zero-order valence-electron chi connectivity index (χ0n) is 13.7. The third-order valence-corrected chi connectivity index (χ3v) is 4.82. The molecule has 0 aliphatic carbocycles. The largest absolute Gasteiger partial charge is 0.480 e. The Morgan fingerprint density at radius 1 is 1.30 bits per heavy atom. The van der Waals surface area contributed by atoms with Crippen LogP contribution in [0, 0.1) is 5.41 Å². The molecule has 4 nitrogen and oxygen atoms in total. The lowest BCUT2D eigenvalue weighted by molar-refractivity contribution is -0.145. The maximum atomic E-state index is 11.5. The SMILES string of the molecule is CCNC(CC)(CCCN1CCC(C)(C)CC1)C(=O)O. The summed E-state index contributed by atoms with van der Waals surface area (Å²) < 4.78 is 0. The zero-order chi connectivity index (χ0) is 15.2. The Bertz CT molecular complexity index is 308. The first-order chi connectivity index (χ1) is 9.35. The van der Waals surface area contributed by atoms with Gasteiger partial charge in [-0.2, -0.15) is 0 Å². The molecule has 1 aliphatic heterocycles. The molecule has 118 valence electrons. The van der Waals surface area contributed by atoms with Gasteiger partial charge in [0.15, 0.2) is 0 Å². The molecule has 0 aromatic carbocycles. The van der Waals surface area contributed by atoms with Crippen molar-refractivity contribution in [2.24, 2.45) is 5.41 Å². The van der Waals surface area contributed by atoms with Crippen molar-refractivity contribution in [3.63, 3.8) is 0 Å². The lowest BCUT2D eigenvalue weighted by Gasteiger charge is -2.37. The molecule has 0 radical (unpaired) electrons. The van der Waals surface area contributed by atoms with Gasteiger partial charge in [-0.15, -0.1) is 0 Å². The number of nitrogens with one attached hydrogen (secondary N) is 1. The molecule has 1 aliphatic rings. The normalized spacial score (nSPS) is 22.4. The van der Waals surface area contributed by atoms with Gasteiger partial charge in [0.05, 0.1) is 0 Å². The van der Waals surface area contributed by atoms with Crippen LogP contribution in [-0.2, 0) is 4.79 Å². The monoisotopic (exact) mass is 284 g/mol. The first-order valence-electron chi connectivity index (χ1n) is 8.06. The minimum atomic E-state index is -0.732.